The number of nitrogens with zero attached hydrogens (tertiary/aromatic N) is 2. The summed E-state index contributed by atoms with van der Waals surface area (Å²) in [6.45, 7) is 10.2. The van der Waals surface area contributed by atoms with Crippen LogP contribution in [-0.4, -0.2) is 29.2 Å². The predicted molar refractivity (Wildman–Crippen MR) is 140 cm³/mol. The Labute approximate surface area is 206 Å². The van der Waals surface area contributed by atoms with Crippen molar-refractivity contribution in [2.75, 3.05) is 13.2 Å². The average molecular weight is 482 g/mol. The molecule has 2 aromatic carbocycles. The minimum absolute atomic E-state index is 0.0879. The summed E-state index contributed by atoms with van der Waals surface area (Å²) in [7, 11) is 0. The van der Waals surface area contributed by atoms with E-state index in [2.05, 4.69) is 45.0 Å². The molecule has 0 aliphatic rings. The SMILES string of the molecule is CC(C)c1nc(-c2ccc(OCCCCCOc3ccc(C(N)=NO)cc3)cc2)c(C(C)C)s1. The summed E-state index contributed by atoms with van der Waals surface area (Å²) in [6, 6.07) is 15.5. The third-order valence-electron chi connectivity index (χ3n) is 5.40. The molecule has 0 radical (unpaired) electrons. The number of hydrogen-bond donors (Lipinski definition) is 2. The van der Waals surface area contributed by atoms with Gasteiger partial charge in [0.2, 0.25) is 0 Å². The smallest absolute Gasteiger partial charge is 0.170 e. The van der Waals surface area contributed by atoms with Gasteiger partial charge in [-0.15, -0.1) is 11.3 Å². The van der Waals surface area contributed by atoms with Gasteiger partial charge in [-0.1, -0.05) is 32.9 Å². The number of oxime groups is 1. The Kier molecular flexibility index (Phi) is 9.33. The molecule has 0 saturated carbocycles. The van der Waals surface area contributed by atoms with Crippen molar-refractivity contribution in [1.29, 1.82) is 0 Å². The molecular weight excluding hydrogens is 446 g/mol. The third kappa shape index (κ3) is 6.97. The van der Waals surface area contributed by atoms with Crippen LogP contribution < -0.4 is 15.2 Å². The molecule has 3 aromatic rings. The molecule has 7 heteroatoms. The molecule has 3 N–H and O–H groups in total. The maximum atomic E-state index is 8.70. The van der Waals surface area contributed by atoms with Gasteiger partial charge in [0.25, 0.3) is 0 Å². The molecule has 182 valence electrons. The van der Waals surface area contributed by atoms with Crippen LogP contribution in [0.15, 0.2) is 53.7 Å². The molecule has 6 nitrogen and oxygen atoms in total. The number of hydrogen-bond acceptors (Lipinski definition) is 6. The topological polar surface area (TPSA) is 90.0 Å². The zero-order chi connectivity index (χ0) is 24.5. The van der Waals surface area contributed by atoms with Crippen molar-refractivity contribution in [2.45, 2.75) is 58.8 Å². The van der Waals surface area contributed by atoms with Crippen LogP contribution in [0, 0.1) is 0 Å². The quantitative estimate of drug-likeness (QED) is 0.0978. The van der Waals surface area contributed by atoms with Crippen molar-refractivity contribution in [1.82, 2.24) is 4.98 Å². The minimum atomic E-state index is 0.0879. The van der Waals surface area contributed by atoms with Crippen LogP contribution in [0.3, 0.4) is 0 Å². The lowest BCUT2D eigenvalue weighted by Gasteiger charge is -2.09. The highest BCUT2D eigenvalue weighted by atomic mass is 32.1. The summed E-state index contributed by atoms with van der Waals surface area (Å²) in [6.07, 6.45) is 2.94. The molecule has 0 aliphatic carbocycles. The number of thiazole rings is 1. The van der Waals surface area contributed by atoms with E-state index >= 15 is 0 Å². The molecule has 0 amide bonds. The predicted octanol–water partition coefficient (Wildman–Crippen LogP) is 6.78. The number of benzene rings is 2. The first-order valence-corrected chi connectivity index (χ1v) is 12.6. The Morgan fingerprint density at radius 3 is 1.94 bits per heavy atom. The summed E-state index contributed by atoms with van der Waals surface area (Å²) >= 11 is 1.83. The maximum Gasteiger partial charge on any atom is 0.170 e. The highest BCUT2D eigenvalue weighted by Crippen LogP contribution is 2.36. The Morgan fingerprint density at radius 1 is 0.882 bits per heavy atom. The van der Waals surface area contributed by atoms with Crippen LogP contribution in [0.2, 0.25) is 0 Å². The van der Waals surface area contributed by atoms with Crippen LogP contribution >= 0.6 is 11.3 Å². The van der Waals surface area contributed by atoms with Crippen LogP contribution in [-0.2, 0) is 0 Å². The Morgan fingerprint density at radius 2 is 1.44 bits per heavy atom. The van der Waals surface area contributed by atoms with Gasteiger partial charge in [0, 0.05) is 21.9 Å². The standard InChI is InChI=1S/C27H35N3O3S/c1-18(2)25-24(29-27(34-25)19(3)4)20-8-12-22(13-9-20)32-16-6-5-7-17-33-23-14-10-21(11-15-23)26(28)30-31/h8-15,18-19,31H,5-7,16-17H2,1-4H3,(H2,28,30). The van der Waals surface area contributed by atoms with Crippen molar-refractivity contribution in [2.24, 2.45) is 10.9 Å². The van der Waals surface area contributed by atoms with E-state index in [1.54, 1.807) is 12.1 Å². The zero-order valence-electron chi connectivity index (χ0n) is 20.5. The Balaban J connectivity index is 1.39. The van der Waals surface area contributed by atoms with Crippen LogP contribution in [0.4, 0.5) is 0 Å². The monoisotopic (exact) mass is 481 g/mol. The molecule has 0 saturated heterocycles. The largest absolute Gasteiger partial charge is 0.494 e. The zero-order valence-corrected chi connectivity index (χ0v) is 21.3. The summed E-state index contributed by atoms with van der Waals surface area (Å²) in [4.78, 5) is 6.26. The van der Waals surface area contributed by atoms with E-state index in [-0.39, 0.29) is 5.84 Å². The van der Waals surface area contributed by atoms with Crippen molar-refractivity contribution < 1.29 is 14.7 Å². The van der Waals surface area contributed by atoms with E-state index in [0.717, 1.165) is 42.0 Å². The number of nitrogens with two attached hydrogens (primary N) is 1. The lowest BCUT2D eigenvalue weighted by molar-refractivity contribution is 0.279. The fourth-order valence-corrected chi connectivity index (χ4v) is 4.54. The normalized spacial score (nSPS) is 11.9. The van der Waals surface area contributed by atoms with E-state index in [0.29, 0.717) is 30.6 Å². The second-order valence-electron chi connectivity index (χ2n) is 8.87. The molecule has 0 aliphatic heterocycles. The number of rotatable bonds is 12. The molecule has 3 rings (SSSR count). The van der Waals surface area contributed by atoms with Crippen LogP contribution in [0.1, 0.15) is 74.2 Å². The van der Waals surface area contributed by atoms with Gasteiger partial charge in [-0.25, -0.2) is 4.98 Å². The van der Waals surface area contributed by atoms with Crippen LogP contribution in [0.25, 0.3) is 11.3 Å². The van der Waals surface area contributed by atoms with Gasteiger partial charge in [-0.2, -0.15) is 0 Å². The molecule has 0 unspecified atom stereocenters. The Bertz CT molecular complexity index is 1060. The first-order valence-electron chi connectivity index (χ1n) is 11.8. The molecule has 1 heterocycles. The number of unbranched alkanes of at least 4 members (excludes halogenated alkanes) is 2. The molecule has 0 bridgehead atoms. The number of aromatic nitrogens is 1. The van der Waals surface area contributed by atoms with Gasteiger partial charge in [-0.05, 0) is 73.7 Å². The van der Waals surface area contributed by atoms with Crippen molar-refractivity contribution in [3.8, 4) is 22.8 Å². The van der Waals surface area contributed by atoms with E-state index in [4.69, 9.17) is 25.4 Å². The average Bonchev–Trinajstić information content (AvgIpc) is 3.30. The van der Waals surface area contributed by atoms with Gasteiger partial charge in [-0.3, -0.25) is 0 Å². The molecule has 0 spiro atoms. The molecule has 0 fully saturated rings. The van der Waals surface area contributed by atoms with E-state index in [1.165, 1.54) is 9.88 Å². The first-order chi connectivity index (χ1) is 16.4. The Hall–Kier alpha value is -3.06. The van der Waals surface area contributed by atoms with Gasteiger partial charge in [0.05, 0.1) is 23.9 Å². The van der Waals surface area contributed by atoms with Crippen molar-refractivity contribution in [3.05, 3.63) is 64.0 Å². The second kappa shape index (κ2) is 12.4. The lowest BCUT2D eigenvalue weighted by Crippen LogP contribution is -2.12. The fourth-order valence-electron chi connectivity index (χ4n) is 3.44. The van der Waals surface area contributed by atoms with Gasteiger partial charge < -0.3 is 20.4 Å². The molecule has 0 atom stereocenters. The fraction of sp³-hybridized carbons (Fsp3) is 0.407. The number of ether oxygens (including phenoxy) is 2. The maximum absolute atomic E-state index is 8.70. The molecule has 1 aromatic heterocycles. The van der Waals surface area contributed by atoms with Gasteiger partial charge in [0.15, 0.2) is 5.84 Å². The summed E-state index contributed by atoms with van der Waals surface area (Å²) in [5.41, 5.74) is 8.48. The van der Waals surface area contributed by atoms with E-state index < -0.39 is 0 Å². The van der Waals surface area contributed by atoms with E-state index in [9.17, 15) is 0 Å². The summed E-state index contributed by atoms with van der Waals surface area (Å²) in [5, 5.41) is 12.9. The molecule has 34 heavy (non-hydrogen) atoms. The van der Waals surface area contributed by atoms with Gasteiger partial charge >= 0.3 is 0 Å². The van der Waals surface area contributed by atoms with Crippen molar-refractivity contribution >= 4 is 17.2 Å². The summed E-state index contributed by atoms with van der Waals surface area (Å²) in [5.74, 6) is 2.64. The highest BCUT2D eigenvalue weighted by Gasteiger charge is 2.17. The van der Waals surface area contributed by atoms with Crippen molar-refractivity contribution in [3.63, 3.8) is 0 Å². The minimum Gasteiger partial charge on any atom is -0.494 e. The third-order valence-corrected chi connectivity index (χ3v) is 7.06. The number of amidine groups is 1. The van der Waals surface area contributed by atoms with Gasteiger partial charge in [0.1, 0.15) is 11.5 Å². The first kappa shape index (κ1) is 25.6. The molecular formula is C27H35N3O3S. The second-order valence-corrected chi connectivity index (χ2v) is 9.93. The van der Waals surface area contributed by atoms with E-state index in [1.807, 2.05) is 35.6 Å². The van der Waals surface area contributed by atoms with Crippen LogP contribution in [0.5, 0.6) is 11.5 Å². The highest BCUT2D eigenvalue weighted by molar-refractivity contribution is 7.12. The lowest BCUT2D eigenvalue weighted by atomic mass is 10.1. The summed E-state index contributed by atoms with van der Waals surface area (Å²) < 4.78 is 11.7.